The molecule has 1 aromatic heterocycles. The van der Waals surface area contributed by atoms with Crippen LogP contribution in [0.3, 0.4) is 0 Å². The molecule has 1 fully saturated rings. The summed E-state index contributed by atoms with van der Waals surface area (Å²) >= 11 is 1.75. The van der Waals surface area contributed by atoms with Crippen LogP contribution in [0.15, 0.2) is 169 Å². The van der Waals surface area contributed by atoms with Gasteiger partial charge in [-0.2, -0.15) is 127 Å². The fourth-order valence-electron chi connectivity index (χ4n) is 10.6. The maximum atomic E-state index is 14.2. The minimum absolute atomic E-state index is 0. The van der Waals surface area contributed by atoms with Crippen LogP contribution in [0.25, 0.3) is 43.8 Å². The van der Waals surface area contributed by atoms with Crippen LogP contribution in [-0.2, 0) is 85.3 Å². The Balaban J connectivity index is 0.000000350. The number of benzene rings is 8. The van der Waals surface area contributed by atoms with Gasteiger partial charge in [0.05, 0.1) is 50.9 Å². The number of halogens is 24. The van der Waals surface area contributed by atoms with E-state index in [0.717, 1.165) is 24.3 Å². The first-order valence-corrected chi connectivity index (χ1v) is 28.3. The van der Waals surface area contributed by atoms with Gasteiger partial charge in [-0.25, -0.2) is 0 Å². The van der Waals surface area contributed by atoms with Gasteiger partial charge in [-0.3, -0.25) is 0 Å². The Morgan fingerprint density at radius 2 is 0.735 bits per heavy atom. The summed E-state index contributed by atoms with van der Waals surface area (Å²) in [4.78, 5) is 16.1. The van der Waals surface area contributed by atoms with E-state index in [2.05, 4.69) is 103 Å². The number of thioether (sulfide) groups is 1. The maximum Gasteiger partial charge on any atom is 2.00 e. The molecule has 1 saturated heterocycles. The van der Waals surface area contributed by atoms with Crippen molar-refractivity contribution in [3.05, 3.63) is 222 Å². The number of nitrogens with one attached hydrogen (secondary N) is 1. The number of ether oxygens (including phenoxy) is 1. The number of alkyl halides is 24. The van der Waals surface area contributed by atoms with E-state index in [1.807, 2.05) is 6.07 Å². The molecule has 1 N–H and O–H groups in total. The number of carbonyl (C=O) groups excluding carboxylic acids is 1. The summed E-state index contributed by atoms with van der Waals surface area (Å²) in [6.45, 7) is 11.0. The van der Waals surface area contributed by atoms with E-state index in [1.54, 1.807) is 30.4 Å². The maximum absolute atomic E-state index is 14.2. The third kappa shape index (κ3) is 19.1. The van der Waals surface area contributed by atoms with Crippen LogP contribution < -0.4 is 27.2 Å². The minimum Gasteiger partial charge on any atom is 2.00 e. The number of amides is 1. The summed E-state index contributed by atoms with van der Waals surface area (Å²) in [7, 11) is 0. The molecule has 6 nitrogen and oxygen atoms in total. The fourth-order valence-corrected chi connectivity index (χ4v) is 11.1. The summed E-state index contributed by atoms with van der Waals surface area (Å²) in [5.74, 6) is 0.486. The summed E-state index contributed by atoms with van der Waals surface area (Å²) < 4.78 is 361. The van der Waals surface area contributed by atoms with Gasteiger partial charge in [-0.1, -0.05) is 103 Å². The molecule has 0 spiro atoms. The van der Waals surface area contributed by atoms with Crippen LogP contribution >= 0.6 is 11.8 Å². The molecular weight excluding hydrogens is 1430 g/mol. The molecule has 1 amide bonds. The Hall–Kier alpha value is -8.41. The van der Waals surface area contributed by atoms with Crippen molar-refractivity contribution >= 4 is 73.5 Å². The number of anilines is 1. The number of hydrogen-bond acceptors (Lipinski definition) is 4. The molecule has 0 bridgehead atoms. The van der Waals surface area contributed by atoms with Gasteiger partial charge >= 0.3 is 89.1 Å². The molecule has 2 heterocycles. The predicted octanol–water partition coefficient (Wildman–Crippen LogP) is 18.9. The van der Waals surface area contributed by atoms with Gasteiger partial charge in [0.1, 0.15) is 6.15 Å². The molecule has 518 valence electrons. The number of rotatable bonds is 9. The van der Waals surface area contributed by atoms with Crippen molar-refractivity contribution in [2.75, 3.05) is 24.8 Å². The largest absolute Gasteiger partial charge is 2.00 e. The van der Waals surface area contributed by atoms with Gasteiger partial charge in [0, 0.05) is 24.3 Å². The molecule has 1 aliphatic rings. The van der Waals surface area contributed by atoms with Crippen LogP contribution in [0.5, 0.6) is 0 Å². The quantitative estimate of drug-likeness (QED) is 0.0296. The average molecular weight is 1470 g/mol. The van der Waals surface area contributed by atoms with Crippen LogP contribution in [-0.4, -0.2) is 37.0 Å². The molecule has 1 aliphatic heterocycles. The summed E-state index contributed by atoms with van der Waals surface area (Å²) in [5.41, 5.74) is -25.6. The minimum atomic E-state index is -6.13. The molecule has 98 heavy (non-hydrogen) atoms. The Labute approximate surface area is 553 Å². The molecule has 0 aliphatic carbocycles. The topological polar surface area (TPSA) is 91.0 Å². The third-order valence-corrected chi connectivity index (χ3v) is 15.5. The van der Waals surface area contributed by atoms with Crippen LogP contribution in [0.4, 0.5) is 111 Å². The first kappa shape index (κ1) is 80.3. The van der Waals surface area contributed by atoms with Crippen LogP contribution in [0, 0.1) is 13.3 Å². The SMILES string of the molecule is C1CCOC1.CSc1cccc(-c2cccc3cc4cccc(-c5ccc(N[C-]=O)nc5)c4cc23)c1.FC(F)(F)c1cc([B-](c2cc(C(F)(F)F)cc(C(F)(F)F)c2)(c2cc(C(F)(F)F)cc(C(F)(F)F)c2)c2cc(C(F)(F)F)cc(C(F)(F)F)c2)cc(C(F)(F)F)c1.[C-]#[O+].[C-]#[O+].[Fe+2]. The molecule has 8 aromatic carbocycles. The van der Waals surface area contributed by atoms with Gasteiger partial charge in [-0.05, 0) is 117 Å². The summed E-state index contributed by atoms with van der Waals surface area (Å²) in [6, 6.07) is 21.0. The molecule has 0 unspecified atom stereocenters. The Kier molecular flexibility index (Phi) is 25.6. The zero-order valence-electron chi connectivity index (χ0n) is 48.9. The van der Waals surface area contributed by atoms with Crippen molar-refractivity contribution < 1.29 is 141 Å². The number of nitrogens with zero attached hydrogens (tertiary/aromatic N) is 1. The van der Waals surface area contributed by atoms with Gasteiger partial charge < -0.3 is 19.8 Å². The van der Waals surface area contributed by atoms with E-state index in [9.17, 15) is 110 Å². The third-order valence-electron chi connectivity index (χ3n) is 14.8. The normalized spacial score (nSPS) is 13.1. The van der Waals surface area contributed by atoms with Gasteiger partial charge in [0.25, 0.3) is 0 Å². The van der Waals surface area contributed by atoms with E-state index in [0.29, 0.717) is 5.82 Å². The monoisotopic (exact) mass is 1470 g/mol. The molecular formula is C65H39BF24FeN2O4S. The van der Waals surface area contributed by atoms with Crippen molar-refractivity contribution in [3.63, 3.8) is 0 Å². The predicted molar refractivity (Wildman–Crippen MR) is 309 cm³/mol. The molecule has 0 saturated carbocycles. The smallest absolute Gasteiger partial charge is 2.00 e. The molecule has 10 rings (SSSR count). The summed E-state index contributed by atoms with van der Waals surface area (Å²) in [5, 5.41) is 7.26. The van der Waals surface area contributed by atoms with Crippen molar-refractivity contribution in [1.29, 1.82) is 0 Å². The second kappa shape index (κ2) is 31.2. The van der Waals surface area contributed by atoms with Crippen molar-refractivity contribution in [2.24, 2.45) is 0 Å². The number of aromatic nitrogens is 1. The molecule has 0 radical (unpaired) electrons. The van der Waals surface area contributed by atoms with E-state index in [-0.39, 0.29) is 17.1 Å². The second-order valence-electron chi connectivity index (χ2n) is 20.8. The summed E-state index contributed by atoms with van der Waals surface area (Å²) in [6.07, 6.45) is -46.7. The van der Waals surface area contributed by atoms with E-state index >= 15 is 0 Å². The Morgan fingerprint density at radius 1 is 0.418 bits per heavy atom. The second-order valence-corrected chi connectivity index (χ2v) is 21.7. The average Bonchev–Trinajstić information content (AvgIpc) is 0.720. The van der Waals surface area contributed by atoms with Gasteiger partial charge in [0.2, 0.25) is 0 Å². The Morgan fingerprint density at radius 3 is 1.00 bits per heavy atom. The van der Waals surface area contributed by atoms with Crippen molar-refractivity contribution in [1.82, 2.24) is 4.98 Å². The number of fused-ring (bicyclic) bond motifs is 2. The van der Waals surface area contributed by atoms with E-state index < -0.39 is 195 Å². The van der Waals surface area contributed by atoms with Gasteiger partial charge in [0.15, 0.2) is 0 Å². The first-order chi connectivity index (χ1) is 45.0. The van der Waals surface area contributed by atoms with E-state index in [4.69, 9.17) is 14.0 Å². The fraction of sp³-hybridized carbons (Fsp3) is 0.200. The van der Waals surface area contributed by atoms with E-state index in [1.165, 1.54) is 50.4 Å². The van der Waals surface area contributed by atoms with Crippen LogP contribution in [0.2, 0.25) is 0 Å². The Bertz CT molecular complexity index is 3860. The first-order valence-electron chi connectivity index (χ1n) is 27.1. The van der Waals surface area contributed by atoms with Crippen molar-refractivity contribution in [2.45, 2.75) is 67.1 Å². The zero-order chi connectivity index (χ0) is 72.7. The van der Waals surface area contributed by atoms with Crippen molar-refractivity contribution in [3.8, 4) is 22.3 Å². The number of pyridine rings is 1. The number of hydrogen-bond donors (Lipinski definition) is 1. The molecule has 9 aromatic rings. The standard InChI is InChI=1S/C32H12BF24.C27H19N2OS.C4H8O.2CO.Fe/c34-25(35,36)13-1-14(26(37,38)39)6-21(5-13)33(22-7-15(27(40,41)42)2-16(8-22)28(43,44)45,23-9-17(29(46,47)48)3-18(10-23)30(49,50)51)24-11-19(31(52,53)54)4-20(12-24)32(55,56)57;1-31-22-8-2-5-20(14-22)23-9-3-6-18-13-19-7-4-10-24(26(19)15-25(18)23)21-11-12-27(28-16-21)29-17-30;1-2-4-5-3-1;2*1-2;/h1-12H;2-16H,1H3,(H,28,29,30);1-4H2;;;/q2*-1;;;;+2. The van der Waals surface area contributed by atoms with Gasteiger partial charge in [-0.15, -0.1) is 17.8 Å². The molecule has 33 heteroatoms. The van der Waals surface area contributed by atoms with Crippen LogP contribution in [0.1, 0.15) is 57.3 Å². The zero-order valence-corrected chi connectivity index (χ0v) is 50.8. The molecule has 0 atom stereocenters.